The number of rotatable bonds is 6. The van der Waals surface area contributed by atoms with Crippen LogP contribution in [0.2, 0.25) is 0 Å². The monoisotopic (exact) mass is 160 g/mol. The molecular formula is C8H16O3. The molecule has 3 nitrogen and oxygen atoms in total. The van der Waals surface area contributed by atoms with Crippen molar-refractivity contribution in [1.82, 2.24) is 0 Å². The minimum Gasteiger partial charge on any atom is -0.389 e. The maximum Gasteiger partial charge on any atom is 0.160 e. The maximum absolute atomic E-state index is 10.5. The van der Waals surface area contributed by atoms with Gasteiger partial charge in [-0.15, -0.1) is 0 Å². The third-order valence-electron chi connectivity index (χ3n) is 1.15. The van der Waals surface area contributed by atoms with E-state index in [0.29, 0.717) is 25.6 Å². The van der Waals surface area contributed by atoms with E-state index in [2.05, 4.69) is 0 Å². The van der Waals surface area contributed by atoms with Crippen LogP contribution in [-0.4, -0.2) is 30.7 Å². The summed E-state index contributed by atoms with van der Waals surface area (Å²) in [7, 11) is 0. The van der Waals surface area contributed by atoms with E-state index in [0.717, 1.165) is 0 Å². The molecule has 0 aromatic rings. The lowest BCUT2D eigenvalue weighted by molar-refractivity contribution is -0.122. The van der Waals surface area contributed by atoms with Crippen LogP contribution in [0.25, 0.3) is 0 Å². The summed E-state index contributed by atoms with van der Waals surface area (Å²) in [5.41, 5.74) is 0. The van der Waals surface area contributed by atoms with Gasteiger partial charge in [-0.3, -0.25) is 4.79 Å². The molecule has 0 bridgehead atoms. The Hall–Kier alpha value is -0.410. The minimum absolute atomic E-state index is 0.159. The Bertz CT molecular complexity index is 110. The van der Waals surface area contributed by atoms with Gasteiger partial charge in [0.15, 0.2) is 5.78 Å². The Balaban J connectivity index is 3.08. The summed E-state index contributed by atoms with van der Waals surface area (Å²) in [5, 5.41) is 8.34. The van der Waals surface area contributed by atoms with Crippen LogP contribution >= 0.6 is 0 Å². The van der Waals surface area contributed by atoms with Crippen molar-refractivity contribution in [2.45, 2.75) is 20.3 Å². The molecule has 0 rings (SSSR count). The van der Waals surface area contributed by atoms with Gasteiger partial charge in [-0.1, -0.05) is 13.8 Å². The first-order valence-corrected chi connectivity index (χ1v) is 3.87. The maximum atomic E-state index is 10.5. The highest BCUT2D eigenvalue weighted by Gasteiger charge is 1.99. The summed E-state index contributed by atoms with van der Waals surface area (Å²) < 4.78 is 5.14. The lowest BCUT2D eigenvalue weighted by Crippen LogP contribution is -2.10. The van der Waals surface area contributed by atoms with E-state index in [1.165, 1.54) is 0 Å². The van der Waals surface area contributed by atoms with Crippen molar-refractivity contribution in [3.63, 3.8) is 0 Å². The molecule has 0 atom stereocenters. The highest BCUT2D eigenvalue weighted by atomic mass is 16.5. The molecule has 0 radical (unpaired) electrons. The van der Waals surface area contributed by atoms with Crippen molar-refractivity contribution >= 4 is 5.78 Å². The van der Waals surface area contributed by atoms with Crippen LogP contribution in [-0.2, 0) is 9.53 Å². The molecular weight excluding hydrogens is 144 g/mol. The largest absolute Gasteiger partial charge is 0.389 e. The lowest BCUT2D eigenvalue weighted by atomic mass is 10.2. The van der Waals surface area contributed by atoms with Crippen molar-refractivity contribution in [3.05, 3.63) is 0 Å². The molecule has 0 saturated heterocycles. The number of ether oxygens (including phenoxy) is 1. The van der Waals surface area contributed by atoms with Gasteiger partial charge >= 0.3 is 0 Å². The highest BCUT2D eigenvalue weighted by molar-refractivity contribution is 5.79. The molecule has 0 amide bonds. The van der Waals surface area contributed by atoms with Crippen LogP contribution in [0.4, 0.5) is 0 Å². The van der Waals surface area contributed by atoms with Crippen molar-refractivity contribution in [1.29, 1.82) is 0 Å². The Kier molecular flexibility index (Phi) is 6.07. The predicted molar refractivity (Wildman–Crippen MR) is 42.4 cm³/mol. The molecule has 0 heterocycles. The quantitative estimate of drug-likeness (QED) is 0.579. The first-order valence-electron chi connectivity index (χ1n) is 3.87. The smallest absolute Gasteiger partial charge is 0.160 e. The fraction of sp³-hybridized carbons (Fsp3) is 0.875. The van der Waals surface area contributed by atoms with Gasteiger partial charge in [0, 0.05) is 13.0 Å². The van der Waals surface area contributed by atoms with Crippen LogP contribution in [0.3, 0.4) is 0 Å². The van der Waals surface area contributed by atoms with E-state index in [1.54, 1.807) is 0 Å². The van der Waals surface area contributed by atoms with Crippen LogP contribution in [0.1, 0.15) is 20.3 Å². The molecule has 11 heavy (non-hydrogen) atoms. The minimum atomic E-state index is -0.370. The highest BCUT2D eigenvalue weighted by Crippen LogP contribution is 1.93. The van der Waals surface area contributed by atoms with Gasteiger partial charge in [0.25, 0.3) is 0 Å². The Labute approximate surface area is 67.4 Å². The molecule has 3 heteroatoms. The number of aliphatic hydroxyl groups is 1. The van der Waals surface area contributed by atoms with Gasteiger partial charge in [0.1, 0.15) is 6.61 Å². The number of hydrogen-bond donors (Lipinski definition) is 1. The number of hydrogen-bond acceptors (Lipinski definition) is 3. The Morgan fingerprint density at radius 1 is 1.55 bits per heavy atom. The number of carbonyl (C=O) groups is 1. The molecule has 0 spiro atoms. The second-order valence-corrected chi connectivity index (χ2v) is 2.92. The SMILES string of the molecule is CC(C)COCCC(=O)CO. The van der Waals surface area contributed by atoms with E-state index < -0.39 is 0 Å². The molecule has 66 valence electrons. The molecule has 0 aromatic carbocycles. The lowest BCUT2D eigenvalue weighted by Gasteiger charge is -2.04. The number of carbonyl (C=O) groups excluding carboxylic acids is 1. The molecule has 0 aliphatic heterocycles. The van der Waals surface area contributed by atoms with Crippen LogP contribution in [0.5, 0.6) is 0 Å². The molecule has 0 aliphatic carbocycles. The second-order valence-electron chi connectivity index (χ2n) is 2.92. The van der Waals surface area contributed by atoms with Crippen molar-refractivity contribution in [2.75, 3.05) is 19.8 Å². The summed E-state index contributed by atoms with van der Waals surface area (Å²) in [5.74, 6) is 0.341. The Morgan fingerprint density at radius 2 is 2.18 bits per heavy atom. The zero-order valence-corrected chi connectivity index (χ0v) is 7.17. The average Bonchev–Trinajstić information content (AvgIpc) is 1.97. The average molecular weight is 160 g/mol. The summed E-state index contributed by atoms with van der Waals surface area (Å²) in [6, 6.07) is 0. The molecule has 0 aliphatic rings. The van der Waals surface area contributed by atoms with E-state index in [-0.39, 0.29) is 12.4 Å². The summed E-state index contributed by atoms with van der Waals surface area (Å²) in [4.78, 5) is 10.5. The molecule has 0 unspecified atom stereocenters. The predicted octanol–water partition coefficient (Wildman–Crippen LogP) is 0.611. The van der Waals surface area contributed by atoms with E-state index >= 15 is 0 Å². The van der Waals surface area contributed by atoms with Gasteiger partial charge in [0.05, 0.1) is 6.61 Å². The number of ketones is 1. The topological polar surface area (TPSA) is 46.5 Å². The van der Waals surface area contributed by atoms with Gasteiger partial charge in [-0.2, -0.15) is 0 Å². The van der Waals surface area contributed by atoms with Gasteiger partial charge in [-0.25, -0.2) is 0 Å². The zero-order chi connectivity index (χ0) is 8.69. The van der Waals surface area contributed by atoms with Crippen molar-refractivity contribution in [3.8, 4) is 0 Å². The molecule has 0 fully saturated rings. The van der Waals surface area contributed by atoms with Gasteiger partial charge in [-0.05, 0) is 5.92 Å². The second kappa shape index (κ2) is 6.31. The first kappa shape index (κ1) is 10.6. The Morgan fingerprint density at radius 3 is 2.64 bits per heavy atom. The van der Waals surface area contributed by atoms with Gasteiger partial charge < -0.3 is 9.84 Å². The van der Waals surface area contributed by atoms with E-state index in [4.69, 9.17) is 9.84 Å². The zero-order valence-electron chi connectivity index (χ0n) is 7.17. The van der Waals surface area contributed by atoms with Crippen LogP contribution in [0, 0.1) is 5.92 Å². The van der Waals surface area contributed by atoms with Gasteiger partial charge in [0.2, 0.25) is 0 Å². The third-order valence-corrected chi connectivity index (χ3v) is 1.15. The molecule has 0 aromatic heterocycles. The third kappa shape index (κ3) is 7.49. The fourth-order valence-corrected chi connectivity index (χ4v) is 0.584. The fourth-order valence-electron chi connectivity index (χ4n) is 0.584. The normalized spacial score (nSPS) is 10.5. The summed E-state index contributed by atoms with van der Waals surface area (Å²) in [6.07, 6.45) is 0.323. The molecule has 1 N–H and O–H groups in total. The standard InChI is InChI=1S/C8H16O3/c1-7(2)6-11-4-3-8(10)5-9/h7,9H,3-6H2,1-2H3. The first-order chi connectivity index (χ1) is 5.16. The number of Topliss-reactive ketones (excluding diaryl/α,β-unsaturated/α-hetero) is 1. The van der Waals surface area contributed by atoms with Crippen molar-refractivity contribution in [2.24, 2.45) is 5.92 Å². The molecule has 0 saturated carbocycles. The van der Waals surface area contributed by atoms with Crippen LogP contribution in [0.15, 0.2) is 0 Å². The summed E-state index contributed by atoms with van der Waals surface area (Å²) in [6.45, 7) is 4.84. The van der Waals surface area contributed by atoms with E-state index in [9.17, 15) is 4.79 Å². The van der Waals surface area contributed by atoms with Crippen LogP contribution < -0.4 is 0 Å². The summed E-state index contributed by atoms with van der Waals surface area (Å²) >= 11 is 0. The number of aliphatic hydroxyl groups excluding tert-OH is 1. The van der Waals surface area contributed by atoms with E-state index in [1.807, 2.05) is 13.8 Å². The van der Waals surface area contributed by atoms with Crippen molar-refractivity contribution < 1.29 is 14.6 Å².